The molecule has 3 atom stereocenters. The number of hydrogen-bond acceptors (Lipinski definition) is 4. The van der Waals surface area contributed by atoms with Gasteiger partial charge in [-0.3, -0.25) is 4.79 Å². The van der Waals surface area contributed by atoms with Gasteiger partial charge >= 0.3 is 0 Å². The van der Waals surface area contributed by atoms with E-state index in [0.717, 1.165) is 18.5 Å². The van der Waals surface area contributed by atoms with Gasteiger partial charge in [0, 0.05) is 18.3 Å². The quantitative estimate of drug-likeness (QED) is 0.513. The van der Waals surface area contributed by atoms with E-state index in [4.69, 9.17) is 0 Å². The van der Waals surface area contributed by atoms with Crippen LogP contribution in [0.5, 0.6) is 0 Å². The third kappa shape index (κ3) is 6.29. The van der Waals surface area contributed by atoms with E-state index < -0.39 is 18.2 Å². The zero-order valence-corrected chi connectivity index (χ0v) is 15.1. The van der Waals surface area contributed by atoms with Crippen LogP contribution in [0.1, 0.15) is 57.6 Å². The van der Waals surface area contributed by atoms with E-state index in [1.807, 2.05) is 0 Å². The number of nitrogens with one attached hydrogen (secondary N) is 2. The lowest BCUT2D eigenvalue weighted by atomic mass is 9.82. The van der Waals surface area contributed by atoms with Gasteiger partial charge in [0.25, 0.3) is 0 Å². The fourth-order valence-corrected chi connectivity index (χ4v) is 3.53. The molecule has 6 nitrogen and oxygen atoms in total. The normalized spacial score (nSPS) is 19.2. The number of amides is 1. The molecule has 140 valence electrons. The van der Waals surface area contributed by atoms with E-state index in [2.05, 4.69) is 21.9 Å². The third-order valence-corrected chi connectivity index (χ3v) is 5.08. The molecule has 1 fully saturated rings. The molecule has 1 aliphatic rings. The largest absolute Gasteiger partial charge is 0.388 e. The van der Waals surface area contributed by atoms with Crippen molar-refractivity contribution in [3.8, 4) is 0 Å². The summed E-state index contributed by atoms with van der Waals surface area (Å²) in [5.41, 5.74) is 1.41. The van der Waals surface area contributed by atoms with Crippen LogP contribution in [-0.2, 0) is 11.2 Å². The number of aliphatic hydroxyl groups is 2. The Morgan fingerprint density at radius 3 is 2.72 bits per heavy atom. The molecule has 1 saturated carbocycles. The predicted molar refractivity (Wildman–Crippen MR) is 96.9 cm³/mol. The smallest absolute Gasteiger partial charge is 0.220 e. The SMILES string of the molecule is C=C(C)[C@@H](O)[C@H](O)[C@H](CC1CCCCC1)NC(=O)CCc1cnc[nH]1. The number of aliphatic hydroxyl groups excluding tert-OH is 2. The highest BCUT2D eigenvalue weighted by atomic mass is 16.3. The van der Waals surface area contributed by atoms with Crippen molar-refractivity contribution >= 4 is 5.91 Å². The highest BCUT2D eigenvalue weighted by Gasteiger charge is 2.30. The number of aromatic nitrogens is 2. The van der Waals surface area contributed by atoms with Crippen LogP contribution >= 0.6 is 0 Å². The fraction of sp³-hybridized carbons (Fsp3) is 0.684. The number of hydrogen-bond donors (Lipinski definition) is 4. The van der Waals surface area contributed by atoms with E-state index in [0.29, 0.717) is 30.8 Å². The van der Waals surface area contributed by atoms with Crippen LogP contribution in [0.15, 0.2) is 24.7 Å². The number of nitrogens with zero attached hydrogens (tertiary/aromatic N) is 1. The zero-order chi connectivity index (χ0) is 18.2. The topological polar surface area (TPSA) is 98.2 Å². The summed E-state index contributed by atoms with van der Waals surface area (Å²) in [5.74, 6) is 0.363. The molecule has 6 heteroatoms. The first-order chi connectivity index (χ1) is 12.0. The molecule has 4 N–H and O–H groups in total. The molecule has 0 radical (unpaired) electrons. The number of rotatable bonds is 9. The Hall–Kier alpha value is -1.66. The summed E-state index contributed by atoms with van der Waals surface area (Å²) in [6.07, 6.45) is 8.72. The summed E-state index contributed by atoms with van der Waals surface area (Å²) in [7, 11) is 0. The molecular formula is C19H31N3O3. The Morgan fingerprint density at radius 2 is 2.12 bits per heavy atom. The summed E-state index contributed by atoms with van der Waals surface area (Å²) in [6.45, 7) is 5.41. The fourth-order valence-electron chi connectivity index (χ4n) is 3.53. The van der Waals surface area contributed by atoms with Crippen LogP contribution in [0.25, 0.3) is 0 Å². The van der Waals surface area contributed by atoms with Crippen molar-refractivity contribution in [3.05, 3.63) is 30.4 Å². The Morgan fingerprint density at radius 1 is 1.40 bits per heavy atom. The van der Waals surface area contributed by atoms with Crippen molar-refractivity contribution in [1.29, 1.82) is 0 Å². The van der Waals surface area contributed by atoms with Crippen LogP contribution in [0.3, 0.4) is 0 Å². The number of H-pyrrole nitrogens is 1. The Kier molecular flexibility index (Phi) is 7.65. The van der Waals surface area contributed by atoms with Crippen LogP contribution in [0.4, 0.5) is 0 Å². The van der Waals surface area contributed by atoms with Crippen molar-refractivity contribution in [2.45, 2.75) is 76.5 Å². The lowest BCUT2D eigenvalue weighted by molar-refractivity contribution is -0.123. The van der Waals surface area contributed by atoms with Crippen molar-refractivity contribution in [1.82, 2.24) is 15.3 Å². The van der Waals surface area contributed by atoms with Gasteiger partial charge in [0.05, 0.1) is 12.4 Å². The molecule has 0 spiro atoms. The summed E-state index contributed by atoms with van der Waals surface area (Å²) in [4.78, 5) is 19.2. The molecule has 1 aromatic heterocycles. The standard InChI is InChI=1S/C19H31N3O3/c1-13(2)18(24)19(25)16(10-14-6-4-3-5-7-14)22-17(23)9-8-15-11-20-12-21-15/h11-12,14,16,18-19,24-25H,1,3-10H2,2H3,(H,20,21)(H,22,23)/t16-,18+,19+/m0/s1. The van der Waals surface area contributed by atoms with Crippen LogP contribution < -0.4 is 5.32 Å². The molecule has 1 heterocycles. The van der Waals surface area contributed by atoms with E-state index in [-0.39, 0.29) is 5.91 Å². The number of aromatic amines is 1. The number of aryl methyl sites for hydroxylation is 1. The molecule has 1 aromatic rings. The first kappa shape index (κ1) is 19.7. The number of imidazole rings is 1. The second-order valence-electron chi connectivity index (χ2n) is 7.27. The van der Waals surface area contributed by atoms with Gasteiger partial charge in [-0.2, -0.15) is 0 Å². The highest BCUT2D eigenvalue weighted by molar-refractivity contribution is 5.76. The van der Waals surface area contributed by atoms with Crippen LogP contribution in [0.2, 0.25) is 0 Å². The molecule has 0 aliphatic heterocycles. The van der Waals surface area contributed by atoms with Gasteiger partial charge in [-0.25, -0.2) is 4.98 Å². The van der Waals surface area contributed by atoms with E-state index >= 15 is 0 Å². The number of carbonyl (C=O) groups is 1. The molecule has 25 heavy (non-hydrogen) atoms. The van der Waals surface area contributed by atoms with Crippen molar-refractivity contribution < 1.29 is 15.0 Å². The summed E-state index contributed by atoms with van der Waals surface area (Å²) in [5, 5.41) is 23.6. The molecule has 0 aromatic carbocycles. The summed E-state index contributed by atoms with van der Waals surface area (Å²) < 4.78 is 0. The number of carbonyl (C=O) groups excluding carboxylic acids is 1. The Balaban J connectivity index is 1.94. The minimum Gasteiger partial charge on any atom is -0.388 e. The van der Waals surface area contributed by atoms with Gasteiger partial charge in [-0.05, 0) is 31.3 Å². The molecular weight excluding hydrogens is 318 g/mol. The average molecular weight is 349 g/mol. The maximum atomic E-state index is 12.3. The highest BCUT2D eigenvalue weighted by Crippen LogP contribution is 2.28. The molecule has 1 amide bonds. The summed E-state index contributed by atoms with van der Waals surface area (Å²) >= 11 is 0. The van der Waals surface area contributed by atoms with Gasteiger partial charge in [-0.15, -0.1) is 0 Å². The van der Waals surface area contributed by atoms with Gasteiger partial charge in [0.2, 0.25) is 5.91 Å². The van der Waals surface area contributed by atoms with Crippen LogP contribution in [-0.4, -0.2) is 44.3 Å². The first-order valence-corrected chi connectivity index (χ1v) is 9.25. The summed E-state index contributed by atoms with van der Waals surface area (Å²) in [6, 6.07) is -0.455. The molecule has 0 bridgehead atoms. The second-order valence-corrected chi connectivity index (χ2v) is 7.27. The first-order valence-electron chi connectivity index (χ1n) is 9.25. The van der Waals surface area contributed by atoms with Crippen LogP contribution in [0, 0.1) is 5.92 Å². The average Bonchev–Trinajstić information content (AvgIpc) is 3.12. The molecule has 2 rings (SSSR count). The molecule has 1 aliphatic carbocycles. The maximum Gasteiger partial charge on any atom is 0.220 e. The monoisotopic (exact) mass is 349 g/mol. The van der Waals surface area contributed by atoms with Gasteiger partial charge < -0.3 is 20.5 Å². The van der Waals surface area contributed by atoms with Gasteiger partial charge in [0.15, 0.2) is 0 Å². The minimum absolute atomic E-state index is 0.122. The van der Waals surface area contributed by atoms with Crippen molar-refractivity contribution in [3.63, 3.8) is 0 Å². The maximum absolute atomic E-state index is 12.3. The lowest BCUT2D eigenvalue weighted by Crippen LogP contribution is -2.49. The van der Waals surface area contributed by atoms with E-state index in [1.54, 1.807) is 19.4 Å². The van der Waals surface area contributed by atoms with Crippen molar-refractivity contribution in [2.75, 3.05) is 0 Å². The van der Waals surface area contributed by atoms with Crippen molar-refractivity contribution in [2.24, 2.45) is 5.92 Å². The Bertz CT molecular complexity index is 538. The second kappa shape index (κ2) is 9.73. The lowest BCUT2D eigenvalue weighted by Gasteiger charge is -2.32. The van der Waals surface area contributed by atoms with Gasteiger partial charge in [-0.1, -0.05) is 38.7 Å². The van der Waals surface area contributed by atoms with Gasteiger partial charge in [0.1, 0.15) is 12.2 Å². The molecule has 0 unspecified atom stereocenters. The Labute approximate surface area is 149 Å². The predicted octanol–water partition coefficient (Wildman–Crippen LogP) is 2.10. The van der Waals surface area contributed by atoms with E-state index in [1.165, 1.54) is 19.3 Å². The zero-order valence-electron chi connectivity index (χ0n) is 15.1. The minimum atomic E-state index is -1.03. The third-order valence-electron chi connectivity index (χ3n) is 5.08. The van der Waals surface area contributed by atoms with E-state index in [9.17, 15) is 15.0 Å². The molecule has 0 saturated heterocycles.